The molecule has 1 aromatic heterocycles. The summed E-state index contributed by atoms with van der Waals surface area (Å²) in [6.45, 7) is 4.47. The minimum Gasteiger partial charge on any atom is -0.508 e. The summed E-state index contributed by atoms with van der Waals surface area (Å²) in [5, 5.41) is 13.0. The van der Waals surface area contributed by atoms with Crippen LogP contribution in [0.25, 0.3) is 0 Å². The van der Waals surface area contributed by atoms with Crippen LogP contribution in [0.1, 0.15) is 31.9 Å². The second-order valence-corrected chi connectivity index (χ2v) is 5.02. The van der Waals surface area contributed by atoms with Gasteiger partial charge in [-0.05, 0) is 37.6 Å². The number of halogens is 1. The summed E-state index contributed by atoms with van der Waals surface area (Å²) in [6, 6.07) is 6.74. The van der Waals surface area contributed by atoms with Crippen LogP contribution in [0.15, 0.2) is 41.3 Å². The zero-order valence-electron chi connectivity index (χ0n) is 12.1. The maximum absolute atomic E-state index is 13.3. The average molecular weight is 290 g/mol. The van der Waals surface area contributed by atoms with Crippen LogP contribution >= 0.6 is 0 Å². The quantitative estimate of drug-likeness (QED) is 0.888. The van der Waals surface area contributed by atoms with Gasteiger partial charge in [-0.2, -0.15) is 0 Å². The summed E-state index contributed by atoms with van der Waals surface area (Å²) in [5.41, 5.74) is 1.17. The van der Waals surface area contributed by atoms with Crippen LogP contribution in [0.3, 0.4) is 0 Å². The number of anilines is 1. The molecule has 0 saturated heterocycles. The Morgan fingerprint density at radius 1 is 1.33 bits per heavy atom. The van der Waals surface area contributed by atoms with Crippen molar-refractivity contribution in [2.75, 3.05) is 5.32 Å². The Bertz CT molecular complexity index is 682. The second kappa shape index (κ2) is 6.43. The van der Waals surface area contributed by atoms with Crippen molar-refractivity contribution < 1.29 is 9.50 Å². The highest BCUT2D eigenvalue weighted by atomic mass is 19.1. The molecule has 0 aliphatic heterocycles. The molecule has 1 heterocycles. The van der Waals surface area contributed by atoms with Crippen molar-refractivity contribution in [3.63, 3.8) is 0 Å². The molecule has 0 saturated carbocycles. The third-order valence-corrected chi connectivity index (χ3v) is 3.29. The molecule has 0 aliphatic carbocycles. The van der Waals surface area contributed by atoms with Gasteiger partial charge in [0.2, 0.25) is 0 Å². The number of aromatic nitrogens is 1. The van der Waals surface area contributed by atoms with E-state index in [4.69, 9.17) is 0 Å². The van der Waals surface area contributed by atoms with Crippen molar-refractivity contribution in [1.29, 1.82) is 0 Å². The molecule has 0 aliphatic rings. The SMILES string of the molecule is CCCn1cc(NC(C)c2cc(F)ccc2O)ccc1=O. The Morgan fingerprint density at radius 3 is 2.81 bits per heavy atom. The molecule has 2 aromatic rings. The molecule has 2 rings (SSSR count). The van der Waals surface area contributed by atoms with Crippen LogP contribution in [0.5, 0.6) is 5.75 Å². The fourth-order valence-corrected chi connectivity index (χ4v) is 2.23. The first kappa shape index (κ1) is 15.1. The monoisotopic (exact) mass is 290 g/mol. The lowest BCUT2D eigenvalue weighted by Crippen LogP contribution is -2.19. The largest absolute Gasteiger partial charge is 0.508 e. The molecular weight excluding hydrogens is 271 g/mol. The van der Waals surface area contributed by atoms with Crippen LogP contribution in [0, 0.1) is 5.82 Å². The summed E-state index contributed by atoms with van der Waals surface area (Å²) in [7, 11) is 0. The van der Waals surface area contributed by atoms with Crippen LogP contribution in [0.4, 0.5) is 10.1 Å². The van der Waals surface area contributed by atoms with E-state index in [-0.39, 0.29) is 17.4 Å². The predicted octanol–water partition coefficient (Wildman–Crippen LogP) is 3.28. The molecular formula is C16H19FN2O2. The summed E-state index contributed by atoms with van der Waals surface area (Å²) < 4.78 is 14.9. The smallest absolute Gasteiger partial charge is 0.250 e. The Kier molecular flexibility index (Phi) is 4.62. The van der Waals surface area contributed by atoms with E-state index in [1.807, 2.05) is 13.8 Å². The van der Waals surface area contributed by atoms with E-state index in [2.05, 4.69) is 5.32 Å². The van der Waals surface area contributed by atoms with Crippen LogP contribution in [0.2, 0.25) is 0 Å². The van der Waals surface area contributed by atoms with E-state index in [1.54, 1.807) is 16.8 Å². The number of nitrogens with one attached hydrogen (secondary N) is 1. The minimum absolute atomic E-state index is 0.0401. The maximum atomic E-state index is 13.3. The lowest BCUT2D eigenvalue weighted by Gasteiger charge is -2.18. The number of hydrogen-bond donors (Lipinski definition) is 2. The van der Waals surface area contributed by atoms with Crippen LogP contribution in [-0.4, -0.2) is 9.67 Å². The summed E-state index contributed by atoms with van der Waals surface area (Å²) in [5.74, 6) is -0.356. The zero-order chi connectivity index (χ0) is 15.4. The molecule has 1 unspecified atom stereocenters. The number of nitrogens with zero attached hydrogens (tertiary/aromatic N) is 1. The lowest BCUT2D eigenvalue weighted by molar-refractivity contribution is 0.462. The molecule has 0 fully saturated rings. The zero-order valence-corrected chi connectivity index (χ0v) is 12.1. The van der Waals surface area contributed by atoms with E-state index in [0.29, 0.717) is 12.1 Å². The molecule has 0 spiro atoms. The highest BCUT2D eigenvalue weighted by Crippen LogP contribution is 2.27. The standard InChI is InChI=1S/C16H19FN2O2/c1-3-8-19-10-13(5-7-16(19)21)18-11(2)14-9-12(17)4-6-15(14)20/h4-7,9-11,18,20H,3,8H2,1-2H3. The van der Waals surface area contributed by atoms with Gasteiger partial charge >= 0.3 is 0 Å². The normalized spacial score (nSPS) is 12.1. The maximum Gasteiger partial charge on any atom is 0.250 e. The first-order valence-electron chi connectivity index (χ1n) is 6.96. The van der Waals surface area contributed by atoms with Crippen molar-refractivity contribution >= 4 is 5.69 Å². The molecule has 112 valence electrons. The third kappa shape index (κ3) is 3.62. The number of phenols is 1. The van der Waals surface area contributed by atoms with Gasteiger partial charge in [-0.25, -0.2) is 4.39 Å². The summed E-state index contributed by atoms with van der Waals surface area (Å²) in [6.07, 6.45) is 2.60. The van der Waals surface area contributed by atoms with Crippen LogP contribution < -0.4 is 10.9 Å². The highest BCUT2D eigenvalue weighted by Gasteiger charge is 2.12. The molecule has 0 radical (unpaired) electrons. The van der Waals surface area contributed by atoms with Crippen molar-refractivity contribution in [3.05, 3.63) is 58.3 Å². The predicted molar refractivity (Wildman–Crippen MR) is 81.1 cm³/mol. The molecule has 4 nitrogen and oxygen atoms in total. The van der Waals surface area contributed by atoms with Gasteiger partial charge in [0.25, 0.3) is 5.56 Å². The van der Waals surface area contributed by atoms with Gasteiger partial charge in [-0.15, -0.1) is 0 Å². The van der Waals surface area contributed by atoms with Crippen molar-refractivity contribution in [1.82, 2.24) is 4.57 Å². The molecule has 5 heteroatoms. The number of aryl methyl sites for hydroxylation is 1. The van der Waals surface area contributed by atoms with Crippen LogP contribution in [-0.2, 0) is 6.54 Å². The topological polar surface area (TPSA) is 54.3 Å². The molecule has 2 N–H and O–H groups in total. The van der Waals surface area contributed by atoms with E-state index in [0.717, 1.165) is 12.1 Å². The van der Waals surface area contributed by atoms with E-state index in [1.165, 1.54) is 24.3 Å². The summed E-state index contributed by atoms with van der Waals surface area (Å²) in [4.78, 5) is 11.7. The third-order valence-electron chi connectivity index (χ3n) is 3.29. The van der Waals surface area contributed by atoms with Gasteiger partial charge in [0, 0.05) is 24.4 Å². The Hall–Kier alpha value is -2.30. The average Bonchev–Trinajstić information content (AvgIpc) is 2.45. The van der Waals surface area contributed by atoms with Crippen molar-refractivity contribution in [3.8, 4) is 5.75 Å². The second-order valence-electron chi connectivity index (χ2n) is 5.02. The molecule has 1 aromatic carbocycles. The van der Waals surface area contributed by atoms with Gasteiger partial charge in [-0.1, -0.05) is 6.92 Å². The molecule has 21 heavy (non-hydrogen) atoms. The van der Waals surface area contributed by atoms with Gasteiger partial charge in [0.1, 0.15) is 11.6 Å². The number of phenolic OH excluding ortho intramolecular Hbond substituents is 1. The first-order valence-corrected chi connectivity index (χ1v) is 6.96. The highest BCUT2D eigenvalue weighted by molar-refractivity contribution is 5.45. The van der Waals surface area contributed by atoms with Gasteiger partial charge < -0.3 is 15.0 Å². The van der Waals surface area contributed by atoms with E-state index < -0.39 is 5.82 Å². The Morgan fingerprint density at radius 2 is 2.10 bits per heavy atom. The minimum atomic E-state index is -0.396. The van der Waals surface area contributed by atoms with Gasteiger partial charge in [0.15, 0.2) is 0 Å². The Balaban J connectivity index is 2.23. The fraction of sp³-hybridized carbons (Fsp3) is 0.312. The molecule has 0 bridgehead atoms. The van der Waals surface area contributed by atoms with Crippen molar-refractivity contribution in [2.24, 2.45) is 0 Å². The van der Waals surface area contributed by atoms with Gasteiger partial charge in [0.05, 0.1) is 11.7 Å². The number of pyridine rings is 1. The molecule has 0 amide bonds. The Labute approximate surface area is 122 Å². The first-order chi connectivity index (χ1) is 10.0. The number of aromatic hydroxyl groups is 1. The lowest BCUT2D eigenvalue weighted by atomic mass is 10.1. The number of rotatable bonds is 5. The van der Waals surface area contributed by atoms with Gasteiger partial charge in [-0.3, -0.25) is 4.79 Å². The number of benzene rings is 1. The summed E-state index contributed by atoms with van der Waals surface area (Å²) >= 11 is 0. The van der Waals surface area contributed by atoms with E-state index >= 15 is 0 Å². The molecule has 1 atom stereocenters. The van der Waals surface area contributed by atoms with Crippen molar-refractivity contribution in [2.45, 2.75) is 32.9 Å². The number of hydrogen-bond acceptors (Lipinski definition) is 3. The fourth-order valence-electron chi connectivity index (χ4n) is 2.23. The van der Waals surface area contributed by atoms with E-state index in [9.17, 15) is 14.3 Å².